The van der Waals surface area contributed by atoms with Crippen molar-refractivity contribution in [3.8, 4) is 0 Å². The molecule has 0 radical (unpaired) electrons. The van der Waals surface area contributed by atoms with E-state index in [0.29, 0.717) is 17.5 Å². The molecule has 150 valence electrons. The second-order valence-electron chi connectivity index (χ2n) is 7.02. The van der Waals surface area contributed by atoms with Crippen molar-refractivity contribution in [3.63, 3.8) is 0 Å². The molecule has 0 bridgehead atoms. The van der Waals surface area contributed by atoms with Crippen LogP contribution in [0, 0.1) is 5.92 Å². The third-order valence-electron chi connectivity index (χ3n) is 5.25. The van der Waals surface area contributed by atoms with Crippen molar-refractivity contribution in [1.29, 1.82) is 0 Å². The van der Waals surface area contributed by atoms with E-state index in [1.807, 2.05) is 12.9 Å². The molecule has 1 fully saturated rings. The Bertz CT molecular complexity index is 771. The topological polar surface area (TPSA) is 118 Å². The van der Waals surface area contributed by atoms with Gasteiger partial charge in [0, 0.05) is 37.2 Å². The van der Waals surface area contributed by atoms with Crippen LogP contribution in [0.1, 0.15) is 53.3 Å². The van der Waals surface area contributed by atoms with Crippen LogP contribution in [0.25, 0.3) is 0 Å². The van der Waals surface area contributed by atoms with Crippen molar-refractivity contribution < 1.29 is 24.0 Å². The molecule has 0 saturated carbocycles. The van der Waals surface area contributed by atoms with E-state index < -0.39 is 5.91 Å². The van der Waals surface area contributed by atoms with Crippen LogP contribution in [0.4, 0.5) is 5.69 Å². The maximum absolute atomic E-state index is 12.8. The van der Waals surface area contributed by atoms with Crippen LogP contribution in [0.5, 0.6) is 0 Å². The van der Waals surface area contributed by atoms with E-state index >= 15 is 0 Å². The van der Waals surface area contributed by atoms with E-state index in [2.05, 4.69) is 4.90 Å². The third-order valence-corrected chi connectivity index (χ3v) is 5.25. The molecule has 1 aromatic rings. The van der Waals surface area contributed by atoms with Crippen LogP contribution in [-0.4, -0.2) is 54.8 Å². The summed E-state index contributed by atoms with van der Waals surface area (Å²) in [7, 11) is 0. The Balaban J connectivity index is 0.00000136. The minimum absolute atomic E-state index is 0.102. The number of carbonyl (C=O) groups is 5. The summed E-state index contributed by atoms with van der Waals surface area (Å²) < 4.78 is 0. The number of hydrogen-bond donors (Lipinski definition) is 1. The number of amides is 3. The first kappa shape index (κ1) is 21.3. The van der Waals surface area contributed by atoms with Gasteiger partial charge in [0.05, 0.1) is 11.1 Å². The highest BCUT2D eigenvalue weighted by molar-refractivity contribution is 6.22. The number of benzene rings is 1. The molecular weight excluding hydrogens is 362 g/mol. The minimum Gasteiger partial charge on any atom is -0.371 e. The highest BCUT2D eigenvalue weighted by Crippen LogP contribution is 2.31. The van der Waals surface area contributed by atoms with Gasteiger partial charge in [-0.25, -0.2) is 0 Å². The summed E-state index contributed by atoms with van der Waals surface area (Å²) in [5.74, 6) is -1.00. The number of carbonyl (C=O) groups excluding carboxylic acids is 5. The number of anilines is 1. The Morgan fingerprint density at radius 2 is 1.82 bits per heavy atom. The van der Waals surface area contributed by atoms with Crippen LogP contribution in [0.3, 0.4) is 0 Å². The van der Waals surface area contributed by atoms with Crippen LogP contribution in [0.15, 0.2) is 18.2 Å². The summed E-state index contributed by atoms with van der Waals surface area (Å²) >= 11 is 0. The molecule has 0 spiro atoms. The Kier molecular flexibility index (Phi) is 7.03. The molecule has 1 unspecified atom stereocenters. The first-order chi connectivity index (χ1) is 13.4. The molecule has 0 aromatic heterocycles. The van der Waals surface area contributed by atoms with Gasteiger partial charge in [0.25, 0.3) is 11.8 Å². The van der Waals surface area contributed by atoms with Crippen molar-refractivity contribution in [3.05, 3.63) is 29.3 Å². The Hall–Kier alpha value is -3.03. The minimum atomic E-state index is -0.450. The fourth-order valence-corrected chi connectivity index (χ4v) is 3.62. The van der Waals surface area contributed by atoms with E-state index in [1.165, 1.54) is 4.90 Å². The van der Waals surface area contributed by atoms with Crippen molar-refractivity contribution in [2.45, 2.75) is 38.6 Å². The molecule has 2 aliphatic heterocycles. The molecule has 2 N–H and O–H groups in total. The van der Waals surface area contributed by atoms with Crippen molar-refractivity contribution >= 4 is 36.5 Å². The van der Waals surface area contributed by atoms with Crippen molar-refractivity contribution in [2.75, 3.05) is 18.0 Å². The number of rotatable bonds is 6. The van der Waals surface area contributed by atoms with Gasteiger partial charge < -0.3 is 20.2 Å². The zero-order chi connectivity index (χ0) is 20.8. The van der Waals surface area contributed by atoms with Gasteiger partial charge in [-0.1, -0.05) is 0 Å². The van der Waals surface area contributed by atoms with Crippen molar-refractivity contribution in [2.24, 2.45) is 11.7 Å². The molecule has 28 heavy (non-hydrogen) atoms. The van der Waals surface area contributed by atoms with E-state index in [9.17, 15) is 19.2 Å². The van der Waals surface area contributed by atoms with Crippen LogP contribution in [-0.2, 0) is 14.4 Å². The standard InChI is InChI=1S/C19H23N3O4.CH2O/c1-12(2-5-17(20)24)22-18(25)15-4-3-14(10-16(15)19(22)26)21-8-6-13(11-23)7-9-21;1-2/h3-4,10-13H,2,5-9H2,1H3,(H2,20,24);1H2. The van der Waals surface area contributed by atoms with Gasteiger partial charge in [0.2, 0.25) is 5.91 Å². The van der Waals surface area contributed by atoms with Crippen LogP contribution in [0.2, 0.25) is 0 Å². The maximum Gasteiger partial charge on any atom is 0.261 e. The molecule has 8 nitrogen and oxygen atoms in total. The largest absolute Gasteiger partial charge is 0.371 e. The summed E-state index contributed by atoms with van der Waals surface area (Å²) in [6, 6.07) is 4.92. The van der Waals surface area contributed by atoms with E-state index in [4.69, 9.17) is 10.5 Å². The lowest BCUT2D eigenvalue weighted by Gasteiger charge is -2.31. The molecule has 1 aromatic carbocycles. The molecular formula is C20H25N3O5. The lowest BCUT2D eigenvalue weighted by molar-refractivity contribution is -0.118. The predicted octanol–water partition coefficient (Wildman–Crippen LogP) is 1.17. The summed E-state index contributed by atoms with van der Waals surface area (Å²) in [6.07, 6.45) is 3.08. The van der Waals surface area contributed by atoms with Crippen LogP contribution >= 0.6 is 0 Å². The first-order valence-electron chi connectivity index (χ1n) is 9.21. The summed E-state index contributed by atoms with van der Waals surface area (Å²) in [6.45, 7) is 5.25. The molecule has 2 aliphatic rings. The van der Waals surface area contributed by atoms with E-state index in [0.717, 1.165) is 37.9 Å². The zero-order valence-electron chi connectivity index (χ0n) is 15.9. The number of nitrogens with two attached hydrogens (primary N) is 1. The van der Waals surface area contributed by atoms with Gasteiger partial charge in [-0.15, -0.1) is 0 Å². The van der Waals surface area contributed by atoms with Gasteiger partial charge in [0.15, 0.2) is 0 Å². The molecule has 3 amide bonds. The number of hydrogen-bond acceptors (Lipinski definition) is 6. The Labute approximate surface area is 163 Å². The highest BCUT2D eigenvalue weighted by Gasteiger charge is 2.38. The van der Waals surface area contributed by atoms with Gasteiger partial charge in [-0.3, -0.25) is 19.3 Å². The molecule has 0 aliphatic carbocycles. The smallest absolute Gasteiger partial charge is 0.261 e. The quantitative estimate of drug-likeness (QED) is 0.578. The summed E-state index contributed by atoms with van der Waals surface area (Å²) in [4.78, 5) is 58.6. The average molecular weight is 387 g/mol. The Morgan fingerprint density at radius 1 is 1.21 bits per heavy atom. The Morgan fingerprint density at radius 3 is 2.39 bits per heavy atom. The second-order valence-corrected chi connectivity index (χ2v) is 7.02. The lowest BCUT2D eigenvalue weighted by atomic mass is 9.97. The number of nitrogens with zero attached hydrogens (tertiary/aromatic N) is 2. The van der Waals surface area contributed by atoms with Gasteiger partial charge >= 0.3 is 0 Å². The number of fused-ring (bicyclic) bond motifs is 1. The van der Waals surface area contributed by atoms with Crippen LogP contribution < -0.4 is 10.6 Å². The first-order valence-corrected chi connectivity index (χ1v) is 9.21. The predicted molar refractivity (Wildman–Crippen MR) is 103 cm³/mol. The molecule has 3 rings (SSSR count). The van der Waals surface area contributed by atoms with Gasteiger partial charge in [-0.2, -0.15) is 0 Å². The normalized spacial score (nSPS) is 17.6. The summed E-state index contributed by atoms with van der Waals surface area (Å²) in [5, 5.41) is 0. The molecule has 8 heteroatoms. The number of piperidine rings is 1. The van der Waals surface area contributed by atoms with Gasteiger partial charge in [0.1, 0.15) is 13.1 Å². The highest BCUT2D eigenvalue weighted by atomic mass is 16.2. The molecule has 1 saturated heterocycles. The molecule has 2 heterocycles. The van der Waals surface area contributed by atoms with E-state index in [-0.39, 0.29) is 30.2 Å². The zero-order valence-corrected chi connectivity index (χ0v) is 15.9. The van der Waals surface area contributed by atoms with E-state index in [1.54, 1.807) is 19.1 Å². The maximum atomic E-state index is 12.8. The fourth-order valence-electron chi connectivity index (χ4n) is 3.62. The lowest BCUT2D eigenvalue weighted by Crippen LogP contribution is -2.38. The number of imide groups is 1. The third kappa shape index (κ3) is 4.27. The number of primary amides is 1. The second kappa shape index (κ2) is 9.25. The molecule has 1 atom stereocenters. The fraction of sp³-hybridized carbons (Fsp3) is 0.450. The van der Waals surface area contributed by atoms with Crippen molar-refractivity contribution in [1.82, 2.24) is 4.90 Å². The SMILES string of the molecule is C=O.CC(CCC(N)=O)N1C(=O)c2ccc(N3CCC(C=O)CC3)cc2C1=O. The monoisotopic (exact) mass is 387 g/mol. The number of aldehydes is 1. The average Bonchev–Trinajstić information content (AvgIpc) is 2.97. The summed E-state index contributed by atoms with van der Waals surface area (Å²) in [5.41, 5.74) is 6.85. The van der Waals surface area contributed by atoms with Gasteiger partial charge in [-0.05, 0) is 44.4 Å².